The second-order valence-corrected chi connectivity index (χ2v) is 16.3. The number of rotatable bonds is 17. The summed E-state index contributed by atoms with van der Waals surface area (Å²) in [6.45, 7) is 17.3. The van der Waals surface area contributed by atoms with Gasteiger partial charge in [-0.3, -0.25) is 19.3 Å². The summed E-state index contributed by atoms with van der Waals surface area (Å²) in [5.74, 6) is -2.29. The van der Waals surface area contributed by atoms with Crippen LogP contribution in [0.1, 0.15) is 124 Å². The van der Waals surface area contributed by atoms with Crippen LogP contribution in [0, 0.1) is 13.8 Å². The molecule has 60 heavy (non-hydrogen) atoms. The zero-order valence-electron chi connectivity index (χ0n) is 36.0. The molecule has 0 bridgehead atoms. The molecule has 0 aliphatic rings. The van der Waals surface area contributed by atoms with Crippen LogP contribution in [0.4, 0.5) is 0 Å². The molecule has 0 radical (unpaired) electrons. The number of benzene rings is 4. The fourth-order valence-corrected chi connectivity index (χ4v) is 8.22. The predicted molar refractivity (Wildman–Crippen MR) is 237 cm³/mol. The second kappa shape index (κ2) is 18.4. The normalized spacial score (nSPS) is 12.2. The summed E-state index contributed by atoms with van der Waals surface area (Å²) >= 11 is 0. The molecule has 0 unspecified atom stereocenters. The summed E-state index contributed by atoms with van der Waals surface area (Å²) in [5.41, 5.74) is 4.87. The van der Waals surface area contributed by atoms with E-state index in [0.717, 1.165) is 37.1 Å². The number of aliphatic imine (C=N–C) groups is 2. The number of nitrogens with zero attached hydrogens (tertiary/aromatic N) is 8. The number of fused-ring (bicyclic) bond motifs is 2. The van der Waals surface area contributed by atoms with Gasteiger partial charge in [-0.15, -0.1) is 10.2 Å². The largest absolute Gasteiger partial charge is 0.507 e. The van der Waals surface area contributed by atoms with Gasteiger partial charge in [0.25, 0.3) is 0 Å². The third kappa shape index (κ3) is 8.45. The lowest BCUT2D eigenvalue weighted by Gasteiger charge is -2.23. The highest BCUT2D eigenvalue weighted by Gasteiger charge is 2.29. The van der Waals surface area contributed by atoms with E-state index < -0.39 is 11.5 Å². The Morgan fingerprint density at radius 2 is 0.967 bits per heavy atom. The molecule has 6 N–H and O–H groups in total. The van der Waals surface area contributed by atoms with Crippen molar-refractivity contribution in [1.29, 1.82) is 0 Å². The van der Waals surface area contributed by atoms with E-state index in [2.05, 4.69) is 44.5 Å². The minimum atomic E-state index is -0.411. The SMILES string of the molecule is CCCc1cn(CCCN=Cc2c(O)c(O)c(C(C)C)c3cc(C)c(-c4c(C)cc5c(C(C)C)c(O)c(O)c(C=NCCCn6cc(CCC)nn6)c5c4O)c(O)c23)nn1. The van der Waals surface area contributed by atoms with Crippen LogP contribution in [0.5, 0.6) is 34.5 Å². The zero-order chi connectivity index (χ0) is 43.4. The summed E-state index contributed by atoms with van der Waals surface area (Å²) in [6, 6.07) is 3.68. The van der Waals surface area contributed by atoms with Crippen LogP contribution in [0.3, 0.4) is 0 Å². The highest BCUT2D eigenvalue weighted by atomic mass is 16.3. The van der Waals surface area contributed by atoms with Crippen molar-refractivity contribution in [1.82, 2.24) is 30.0 Å². The summed E-state index contributed by atoms with van der Waals surface area (Å²) in [4.78, 5) is 9.20. The maximum absolute atomic E-state index is 12.4. The average Bonchev–Trinajstić information content (AvgIpc) is 3.84. The van der Waals surface area contributed by atoms with Crippen molar-refractivity contribution in [3.63, 3.8) is 0 Å². The van der Waals surface area contributed by atoms with Gasteiger partial charge < -0.3 is 30.6 Å². The summed E-state index contributed by atoms with van der Waals surface area (Å²) in [7, 11) is 0. The van der Waals surface area contributed by atoms with E-state index >= 15 is 0 Å². The molecule has 4 aromatic carbocycles. The Balaban J connectivity index is 1.46. The van der Waals surface area contributed by atoms with E-state index in [9.17, 15) is 30.6 Å². The Labute approximate surface area is 350 Å². The molecule has 318 valence electrons. The molecule has 0 saturated heterocycles. The Morgan fingerprint density at radius 1 is 0.583 bits per heavy atom. The van der Waals surface area contributed by atoms with E-state index in [0.29, 0.717) is 83.2 Å². The van der Waals surface area contributed by atoms with Gasteiger partial charge >= 0.3 is 0 Å². The van der Waals surface area contributed by atoms with Crippen molar-refractivity contribution in [2.45, 2.75) is 119 Å². The molecule has 6 rings (SSSR count). The minimum Gasteiger partial charge on any atom is -0.507 e. The quantitative estimate of drug-likeness (QED) is 0.0293. The Kier molecular flexibility index (Phi) is 13.3. The second-order valence-electron chi connectivity index (χ2n) is 16.3. The lowest BCUT2D eigenvalue weighted by atomic mass is 9.83. The van der Waals surface area contributed by atoms with Crippen molar-refractivity contribution in [3.8, 4) is 45.6 Å². The molecule has 0 fully saturated rings. The van der Waals surface area contributed by atoms with Gasteiger partial charge in [0.1, 0.15) is 11.5 Å². The van der Waals surface area contributed by atoms with Crippen LogP contribution in [0.2, 0.25) is 0 Å². The number of hydrogen-bond acceptors (Lipinski definition) is 12. The molecule has 0 saturated carbocycles. The first-order chi connectivity index (χ1) is 28.7. The van der Waals surface area contributed by atoms with Crippen LogP contribution in [-0.4, -0.2) is 86.1 Å². The van der Waals surface area contributed by atoms with Crippen LogP contribution < -0.4 is 0 Å². The molecule has 0 aliphatic heterocycles. The molecule has 0 spiro atoms. The molecular weight excluding hydrogens is 761 g/mol. The highest BCUT2D eigenvalue weighted by Crippen LogP contribution is 2.54. The first-order valence-corrected chi connectivity index (χ1v) is 21.0. The lowest BCUT2D eigenvalue weighted by molar-refractivity contribution is 0.398. The number of aryl methyl sites for hydroxylation is 6. The molecule has 6 aromatic rings. The predicted octanol–water partition coefficient (Wildman–Crippen LogP) is 8.86. The molecule has 14 heteroatoms. The van der Waals surface area contributed by atoms with Gasteiger partial charge in [-0.25, -0.2) is 0 Å². The maximum atomic E-state index is 12.4. The van der Waals surface area contributed by atoms with Gasteiger partial charge in [-0.1, -0.05) is 76.9 Å². The van der Waals surface area contributed by atoms with E-state index in [1.54, 1.807) is 9.36 Å². The molecule has 0 atom stereocenters. The van der Waals surface area contributed by atoms with E-state index in [1.807, 2.05) is 66.1 Å². The molecule has 14 nitrogen and oxygen atoms in total. The van der Waals surface area contributed by atoms with Gasteiger partial charge in [-0.05, 0) is 73.3 Å². The number of phenols is 6. The van der Waals surface area contributed by atoms with Crippen molar-refractivity contribution < 1.29 is 30.6 Å². The van der Waals surface area contributed by atoms with Gasteiger partial charge in [0.2, 0.25) is 0 Å². The first kappa shape index (κ1) is 43.4. The number of hydrogen-bond donors (Lipinski definition) is 6. The number of aromatic hydroxyl groups is 6. The van der Waals surface area contributed by atoms with Crippen molar-refractivity contribution >= 4 is 34.0 Å². The molecule has 2 aromatic heterocycles. The Hall–Kier alpha value is -6.18. The smallest absolute Gasteiger partial charge is 0.167 e. The van der Waals surface area contributed by atoms with Gasteiger partial charge in [0.15, 0.2) is 23.0 Å². The van der Waals surface area contributed by atoms with Gasteiger partial charge in [0.05, 0.1) is 11.4 Å². The fraction of sp³-hybridized carbons (Fsp3) is 0.435. The van der Waals surface area contributed by atoms with Crippen LogP contribution in [-0.2, 0) is 25.9 Å². The summed E-state index contributed by atoms with van der Waals surface area (Å²) < 4.78 is 3.56. The Morgan fingerprint density at radius 3 is 1.32 bits per heavy atom. The van der Waals surface area contributed by atoms with E-state index in [4.69, 9.17) is 0 Å². The molecular formula is C46H58N8O6. The molecule has 0 aliphatic carbocycles. The maximum Gasteiger partial charge on any atom is 0.167 e. The van der Waals surface area contributed by atoms with Crippen LogP contribution in [0.15, 0.2) is 34.5 Å². The standard InChI is InChI=1S/C46H58N8O6/c1-9-13-29-23-53(51-49-29)17-11-15-47-21-33-39-31(35(25(3)4)45(59)41(33)55)19-27(7)37(43(39)57)38-28(8)20-32-36(26(5)6)46(60)42(56)34(40(32)44(38)58)22-48-16-12-18-54-24-30(14-10-2)50-52-54/h19-26,55-60H,9-18H2,1-8H3. The topological polar surface area (TPSA) is 208 Å². The Bertz CT molecular complexity index is 2410. The zero-order valence-corrected chi connectivity index (χ0v) is 36.0. The summed E-state index contributed by atoms with van der Waals surface area (Å²) in [6.07, 6.45) is 11.7. The average molecular weight is 819 g/mol. The van der Waals surface area contributed by atoms with E-state index in [-0.39, 0.29) is 56.7 Å². The van der Waals surface area contributed by atoms with Crippen molar-refractivity contribution in [3.05, 3.63) is 69.3 Å². The lowest BCUT2D eigenvalue weighted by Crippen LogP contribution is -2.02. The van der Waals surface area contributed by atoms with Crippen LogP contribution >= 0.6 is 0 Å². The third-order valence-electron chi connectivity index (χ3n) is 11.0. The number of phenolic OH excluding ortho intramolecular Hbond substituents is 6. The fourth-order valence-electron chi connectivity index (χ4n) is 8.22. The molecule has 0 amide bonds. The summed E-state index contributed by atoms with van der Waals surface area (Å²) in [5, 5.41) is 88.9. The first-order valence-electron chi connectivity index (χ1n) is 21.0. The van der Waals surface area contributed by atoms with Crippen LogP contribution in [0.25, 0.3) is 32.7 Å². The van der Waals surface area contributed by atoms with Crippen molar-refractivity contribution in [2.24, 2.45) is 9.98 Å². The monoisotopic (exact) mass is 818 g/mol. The minimum absolute atomic E-state index is 0.138. The third-order valence-corrected chi connectivity index (χ3v) is 11.0. The highest BCUT2D eigenvalue weighted by molar-refractivity contribution is 6.15. The van der Waals surface area contributed by atoms with E-state index in [1.165, 1.54) is 12.4 Å². The van der Waals surface area contributed by atoms with Gasteiger partial charge in [0, 0.05) is 95.2 Å². The van der Waals surface area contributed by atoms with Crippen molar-refractivity contribution in [2.75, 3.05) is 13.1 Å². The number of aromatic nitrogens is 6. The molecule has 2 heterocycles. The van der Waals surface area contributed by atoms with Gasteiger partial charge in [-0.2, -0.15) is 0 Å².